The quantitative estimate of drug-likeness (QED) is 0.367. The molecular formula is C30H36O10. The first kappa shape index (κ1) is 30.8. The summed E-state index contributed by atoms with van der Waals surface area (Å²) in [5.41, 5.74) is 1.77. The van der Waals surface area contributed by atoms with Gasteiger partial charge in [0.2, 0.25) is 0 Å². The molecular weight excluding hydrogens is 520 g/mol. The van der Waals surface area contributed by atoms with Gasteiger partial charge in [0.25, 0.3) is 0 Å². The first-order valence-corrected chi connectivity index (χ1v) is 13.2. The molecule has 2 N–H and O–H groups in total. The van der Waals surface area contributed by atoms with Crippen LogP contribution in [0, 0.1) is 23.7 Å². The van der Waals surface area contributed by atoms with Gasteiger partial charge >= 0.3 is 23.9 Å². The summed E-state index contributed by atoms with van der Waals surface area (Å²) in [7, 11) is 2.55. The Morgan fingerprint density at radius 2 is 0.875 bits per heavy atom. The second-order valence-corrected chi connectivity index (χ2v) is 9.91. The Hall–Kier alpha value is -3.76. The maximum atomic E-state index is 12.1. The van der Waals surface area contributed by atoms with Crippen LogP contribution in [-0.2, 0) is 51.3 Å². The molecule has 2 aliphatic carbocycles. The second kappa shape index (κ2) is 15.1. The summed E-state index contributed by atoms with van der Waals surface area (Å²) in [4.78, 5) is 47.3. The second-order valence-electron chi connectivity index (χ2n) is 9.91. The van der Waals surface area contributed by atoms with Crippen LogP contribution in [0.2, 0.25) is 0 Å². The van der Waals surface area contributed by atoms with Gasteiger partial charge in [0.1, 0.15) is 13.2 Å². The molecule has 216 valence electrons. The minimum absolute atomic E-state index is 0.167. The number of esters is 4. The molecule has 0 aromatic heterocycles. The van der Waals surface area contributed by atoms with Crippen LogP contribution in [0.4, 0.5) is 0 Å². The first-order chi connectivity index (χ1) is 19.2. The monoisotopic (exact) mass is 556 g/mol. The highest BCUT2D eigenvalue weighted by molar-refractivity contribution is 5.83. The largest absolute Gasteiger partial charge is 0.469 e. The van der Waals surface area contributed by atoms with Crippen LogP contribution >= 0.6 is 0 Å². The number of ether oxygens (including phenoxy) is 4. The van der Waals surface area contributed by atoms with Crippen molar-refractivity contribution in [2.75, 3.05) is 14.2 Å². The third kappa shape index (κ3) is 8.62. The van der Waals surface area contributed by atoms with Gasteiger partial charge in [-0.25, -0.2) is 0 Å². The SMILES string of the molecule is COC(=O)[C@@H]1C[C@H](O)C[C@H]1C(=O)OCc1ccccc1.COC(=O)[C@H]1C[C@@H](O)C[C@@H]1C(=O)OCc1ccccc1. The van der Waals surface area contributed by atoms with E-state index >= 15 is 0 Å². The van der Waals surface area contributed by atoms with Crippen LogP contribution in [0.5, 0.6) is 0 Å². The summed E-state index contributed by atoms with van der Waals surface area (Å²) in [6.07, 6.45) is -0.335. The van der Waals surface area contributed by atoms with Crippen molar-refractivity contribution in [2.45, 2.75) is 51.1 Å². The highest BCUT2D eigenvalue weighted by atomic mass is 16.5. The molecule has 2 aromatic carbocycles. The highest BCUT2D eigenvalue weighted by Crippen LogP contribution is 2.35. The van der Waals surface area contributed by atoms with Crippen LogP contribution in [0.3, 0.4) is 0 Å². The smallest absolute Gasteiger partial charge is 0.310 e. The van der Waals surface area contributed by atoms with Gasteiger partial charge in [0.05, 0.1) is 50.1 Å². The minimum Gasteiger partial charge on any atom is -0.469 e. The molecule has 10 nitrogen and oxygen atoms in total. The number of carbonyl (C=O) groups is 4. The lowest BCUT2D eigenvalue weighted by Gasteiger charge is -2.15. The zero-order valence-electron chi connectivity index (χ0n) is 22.6. The lowest BCUT2D eigenvalue weighted by Crippen LogP contribution is -2.27. The van der Waals surface area contributed by atoms with Crippen molar-refractivity contribution in [1.29, 1.82) is 0 Å². The van der Waals surface area contributed by atoms with Gasteiger partial charge in [0.15, 0.2) is 0 Å². The van der Waals surface area contributed by atoms with Crippen molar-refractivity contribution >= 4 is 23.9 Å². The summed E-state index contributed by atoms with van der Waals surface area (Å²) >= 11 is 0. The lowest BCUT2D eigenvalue weighted by molar-refractivity contribution is -0.158. The van der Waals surface area contributed by atoms with Crippen molar-refractivity contribution in [3.05, 3.63) is 71.8 Å². The maximum absolute atomic E-state index is 12.1. The third-order valence-corrected chi connectivity index (χ3v) is 7.14. The molecule has 0 spiro atoms. The maximum Gasteiger partial charge on any atom is 0.310 e. The molecule has 2 aliphatic rings. The molecule has 0 amide bonds. The van der Waals surface area contributed by atoms with Crippen molar-refractivity contribution in [1.82, 2.24) is 0 Å². The van der Waals surface area contributed by atoms with Gasteiger partial charge in [-0.2, -0.15) is 0 Å². The van der Waals surface area contributed by atoms with E-state index in [0.29, 0.717) is 0 Å². The fraction of sp³-hybridized carbons (Fsp3) is 0.467. The van der Waals surface area contributed by atoms with Crippen molar-refractivity contribution in [3.63, 3.8) is 0 Å². The number of rotatable bonds is 8. The van der Waals surface area contributed by atoms with E-state index in [1.54, 1.807) is 0 Å². The van der Waals surface area contributed by atoms with Crippen LogP contribution in [0.1, 0.15) is 36.8 Å². The predicted molar refractivity (Wildman–Crippen MR) is 141 cm³/mol. The van der Waals surface area contributed by atoms with E-state index in [4.69, 9.17) is 9.47 Å². The number of methoxy groups -OCH3 is 2. The average Bonchev–Trinajstić information content (AvgIpc) is 3.58. The van der Waals surface area contributed by atoms with Crippen LogP contribution in [0.25, 0.3) is 0 Å². The van der Waals surface area contributed by atoms with E-state index in [9.17, 15) is 29.4 Å². The van der Waals surface area contributed by atoms with Gasteiger partial charge in [-0.05, 0) is 36.8 Å². The average molecular weight is 557 g/mol. The number of hydrogen-bond acceptors (Lipinski definition) is 10. The van der Waals surface area contributed by atoms with E-state index in [2.05, 4.69) is 9.47 Å². The van der Waals surface area contributed by atoms with Gasteiger partial charge in [-0.15, -0.1) is 0 Å². The van der Waals surface area contributed by atoms with E-state index in [-0.39, 0.29) is 38.9 Å². The zero-order valence-corrected chi connectivity index (χ0v) is 22.6. The Balaban J connectivity index is 0.000000220. The molecule has 0 heterocycles. The van der Waals surface area contributed by atoms with Gasteiger partial charge < -0.3 is 29.2 Å². The molecule has 10 heteroatoms. The molecule has 0 saturated heterocycles. The Kier molecular flexibility index (Phi) is 11.6. The van der Waals surface area contributed by atoms with Gasteiger partial charge in [-0.3, -0.25) is 19.2 Å². The van der Waals surface area contributed by atoms with Crippen LogP contribution in [-0.4, -0.2) is 60.5 Å². The van der Waals surface area contributed by atoms with Crippen LogP contribution < -0.4 is 0 Å². The summed E-state index contributed by atoms with van der Waals surface area (Å²) in [6, 6.07) is 18.6. The number of aliphatic hydroxyl groups is 2. The fourth-order valence-corrected chi connectivity index (χ4v) is 5.04. The summed E-state index contributed by atoms with van der Waals surface area (Å²) in [5.74, 6) is -4.33. The number of hydrogen-bond donors (Lipinski definition) is 2. The van der Waals surface area contributed by atoms with Gasteiger partial charge in [-0.1, -0.05) is 60.7 Å². The number of carbonyl (C=O) groups excluding carboxylic acids is 4. The zero-order chi connectivity index (χ0) is 29.1. The molecule has 0 unspecified atom stereocenters. The number of benzene rings is 2. The van der Waals surface area contributed by atoms with Crippen molar-refractivity contribution in [2.24, 2.45) is 23.7 Å². The standard InChI is InChI=1S/2C15H18O5/c2*1-19-14(17)12-7-11(16)8-13(12)15(18)20-9-10-5-3-2-4-6-10/h2*2-6,11-13,16H,7-9H2,1H3/t2*11-,12+,13+/m10/s1. The summed E-state index contributed by atoms with van der Waals surface area (Å²) in [5, 5.41) is 19.3. The van der Waals surface area contributed by atoms with Crippen LogP contribution in [0.15, 0.2) is 60.7 Å². The molecule has 2 fully saturated rings. The molecule has 0 bridgehead atoms. The summed E-state index contributed by atoms with van der Waals surface area (Å²) in [6.45, 7) is 0.334. The lowest BCUT2D eigenvalue weighted by atomic mass is 9.96. The summed E-state index contributed by atoms with van der Waals surface area (Å²) < 4.78 is 19.8. The van der Waals surface area contributed by atoms with Crippen molar-refractivity contribution < 1.29 is 48.3 Å². The molecule has 2 saturated carbocycles. The fourth-order valence-electron chi connectivity index (χ4n) is 5.04. The Bertz CT molecular complexity index is 1030. The molecule has 40 heavy (non-hydrogen) atoms. The van der Waals surface area contributed by atoms with Crippen molar-refractivity contribution in [3.8, 4) is 0 Å². The molecule has 4 rings (SSSR count). The predicted octanol–water partition coefficient (Wildman–Crippen LogP) is 2.58. The molecule has 0 aliphatic heterocycles. The molecule has 6 atom stereocenters. The molecule has 0 radical (unpaired) electrons. The normalized spacial score (nSPS) is 25.2. The third-order valence-electron chi connectivity index (χ3n) is 7.14. The molecule has 2 aromatic rings. The highest BCUT2D eigenvalue weighted by Gasteiger charge is 2.44. The minimum atomic E-state index is -0.659. The van der Waals surface area contributed by atoms with E-state index < -0.39 is 59.8 Å². The van der Waals surface area contributed by atoms with E-state index in [1.165, 1.54) is 14.2 Å². The van der Waals surface area contributed by atoms with E-state index in [0.717, 1.165) is 11.1 Å². The first-order valence-electron chi connectivity index (χ1n) is 13.2. The Morgan fingerprint density at radius 1 is 0.575 bits per heavy atom. The van der Waals surface area contributed by atoms with Gasteiger partial charge in [0, 0.05) is 0 Å². The Morgan fingerprint density at radius 3 is 1.18 bits per heavy atom. The topological polar surface area (TPSA) is 146 Å². The van der Waals surface area contributed by atoms with E-state index in [1.807, 2.05) is 60.7 Å². The Labute approximate surface area is 233 Å². The number of aliphatic hydroxyl groups excluding tert-OH is 2.